The minimum Gasteiger partial charge on any atom is -0.508 e. The van der Waals surface area contributed by atoms with E-state index in [1.807, 2.05) is 6.08 Å². The number of anilines is 1. The van der Waals surface area contributed by atoms with Crippen molar-refractivity contribution in [2.75, 3.05) is 4.90 Å². The number of carbonyl (C=O) groups excluding carboxylic acids is 4. The second kappa shape index (κ2) is 9.10. The van der Waals surface area contributed by atoms with Gasteiger partial charge < -0.3 is 5.11 Å². The van der Waals surface area contributed by atoms with Crippen LogP contribution in [0.3, 0.4) is 0 Å². The third kappa shape index (κ3) is 3.81. The maximum atomic E-state index is 13.8. The van der Waals surface area contributed by atoms with E-state index in [9.17, 15) is 34.4 Å². The standard InChI is InChI=1S/C28H18BrClN2O7/c29-20-11-22(34)25-19(26(20)35)10-17-15(23(25)18-9-12(30)1-8-21(18)33)6-7-16-24(17)28(37)31(27(16)36)13-2-4-14(5-3-13)32(38)39/h1-6,8-9,11,16-17,23-24,33H,7,10H2/t16-,17+,23+,24-/m0/s1. The smallest absolute Gasteiger partial charge is 0.269 e. The summed E-state index contributed by atoms with van der Waals surface area (Å²) < 4.78 is 0.0986. The minimum absolute atomic E-state index is 0.0702. The van der Waals surface area contributed by atoms with Gasteiger partial charge in [-0.05, 0) is 65.0 Å². The molecule has 4 aliphatic rings. The zero-order valence-electron chi connectivity index (χ0n) is 20.0. The zero-order valence-corrected chi connectivity index (χ0v) is 22.3. The highest BCUT2D eigenvalue weighted by Crippen LogP contribution is 2.56. The summed E-state index contributed by atoms with van der Waals surface area (Å²) in [5.74, 6) is -4.74. The molecule has 2 amide bonds. The number of halogens is 2. The van der Waals surface area contributed by atoms with E-state index in [0.717, 1.165) is 4.90 Å². The fourth-order valence-electron chi connectivity index (χ4n) is 6.30. The Morgan fingerprint density at radius 2 is 1.74 bits per heavy atom. The third-order valence-electron chi connectivity index (χ3n) is 7.95. The van der Waals surface area contributed by atoms with Crippen molar-refractivity contribution < 1.29 is 29.2 Å². The number of imide groups is 1. The Morgan fingerprint density at radius 1 is 1.03 bits per heavy atom. The first-order valence-corrected chi connectivity index (χ1v) is 13.3. The molecule has 0 aromatic heterocycles. The Kier molecular flexibility index (Phi) is 5.92. The molecule has 0 radical (unpaired) electrons. The fourth-order valence-corrected chi connectivity index (χ4v) is 6.92. The first-order valence-electron chi connectivity index (χ1n) is 12.1. The number of phenols is 1. The highest BCUT2D eigenvalue weighted by Gasteiger charge is 2.57. The summed E-state index contributed by atoms with van der Waals surface area (Å²) in [6.45, 7) is 0. The van der Waals surface area contributed by atoms with Gasteiger partial charge >= 0.3 is 0 Å². The number of amides is 2. The Bertz CT molecular complexity index is 1620. The maximum absolute atomic E-state index is 13.8. The van der Waals surface area contributed by atoms with Crippen molar-refractivity contribution in [3.8, 4) is 5.75 Å². The van der Waals surface area contributed by atoms with Crippen molar-refractivity contribution in [3.05, 3.63) is 96.5 Å². The van der Waals surface area contributed by atoms with E-state index < -0.39 is 40.4 Å². The lowest BCUT2D eigenvalue weighted by molar-refractivity contribution is -0.384. The number of allylic oxidation sites excluding steroid dienone is 6. The number of hydrogen-bond donors (Lipinski definition) is 1. The Labute approximate surface area is 234 Å². The second-order valence-corrected chi connectivity index (χ2v) is 11.2. The lowest BCUT2D eigenvalue weighted by Gasteiger charge is -2.42. The molecule has 0 spiro atoms. The summed E-state index contributed by atoms with van der Waals surface area (Å²) >= 11 is 9.43. The third-order valence-corrected chi connectivity index (χ3v) is 8.77. The lowest BCUT2D eigenvalue weighted by Crippen LogP contribution is -2.39. The highest BCUT2D eigenvalue weighted by molar-refractivity contribution is 9.12. The van der Waals surface area contributed by atoms with E-state index in [-0.39, 0.29) is 57.2 Å². The van der Waals surface area contributed by atoms with E-state index in [4.69, 9.17) is 11.6 Å². The molecule has 39 heavy (non-hydrogen) atoms. The first kappa shape index (κ1) is 25.4. The van der Waals surface area contributed by atoms with E-state index in [0.29, 0.717) is 16.2 Å². The number of ketones is 2. The van der Waals surface area contributed by atoms with Gasteiger partial charge in [-0.15, -0.1) is 0 Å². The first-order chi connectivity index (χ1) is 18.6. The van der Waals surface area contributed by atoms with Crippen LogP contribution in [0.5, 0.6) is 5.75 Å². The molecule has 4 atom stereocenters. The van der Waals surface area contributed by atoms with Gasteiger partial charge in [0.05, 0.1) is 26.9 Å². The van der Waals surface area contributed by atoms with Gasteiger partial charge in [-0.1, -0.05) is 23.3 Å². The van der Waals surface area contributed by atoms with Crippen molar-refractivity contribution in [1.29, 1.82) is 0 Å². The molecule has 0 unspecified atom stereocenters. The number of phenolic OH excluding ortho intramolecular Hbond substituents is 1. The molecule has 1 N–H and O–H groups in total. The number of nitro benzene ring substituents is 1. The van der Waals surface area contributed by atoms with E-state index in [2.05, 4.69) is 15.9 Å². The molecule has 1 heterocycles. The van der Waals surface area contributed by atoms with Crippen LogP contribution in [0.1, 0.15) is 24.3 Å². The van der Waals surface area contributed by atoms with Gasteiger partial charge in [0, 0.05) is 45.9 Å². The van der Waals surface area contributed by atoms with Crippen molar-refractivity contribution in [3.63, 3.8) is 0 Å². The number of aromatic hydroxyl groups is 1. The number of benzene rings is 2. The van der Waals surface area contributed by atoms with Gasteiger partial charge in [0.25, 0.3) is 5.69 Å². The van der Waals surface area contributed by atoms with E-state index in [1.165, 1.54) is 48.5 Å². The van der Waals surface area contributed by atoms with Gasteiger partial charge in [0.1, 0.15) is 5.75 Å². The molecule has 0 bridgehead atoms. The van der Waals surface area contributed by atoms with Crippen LogP contribution < -0.4 is 4.90 Å². The predicted octanol–water partition coefficient (Wildman–Crippen LogP) is 4.92. The van der Waals surface area contributed by atoms with Gasteiger partial charge in [0.2, 0.25) is 11.8 Å². The summed E-state index contributed by atoms with van der Waals surface area (Å²) in [4.78, 5) is 65.4. The fraction of sp³-hybridized carbons (Fsp3) is 0.214. The lowest BCUT2D eigenvalue weighted by atomic mass is 9.59. The summed E-state index contributed by atoms with van der Waals surface area (Å²) in [6, 6.07) is 9.64. The highest BCUT2D eigenvalue weighted by atomic mass is 79.9. The molecule has 2 aromatic carbocycles. The SMILES string of the molecule is O=C1C=C(Br)C(=O)C2=C1[C@@H](c1cc(Cl)ccc1O)C1=CC[C@@H]3C(=O)N(c4ccc([N+](=O)[O-])cc4)C(=O)[C@@H]3[C@@H]1C2. The zero-order chi connectivity index (χ0) is 27.7. The predicted molar refractivity (Wildman–Crippen MR) is 143 cm³/mol. The molecular formula is C28H18BrClN2O7. The van der Waals surface area contributed by atoms with Gasteiger partial charge in [0.15, 0.2) is 11.6 Å². The van der Waals surface area contributed by atoms with Crippen LogP contribution in [0.2, 0.25) is 5.02 Å². The quantitative estimate of drug-likeness (QED) is 0.172. The molecule has 6 rings (SSSR count). The summed E-state index contributed by atoms with van der Waals surface area (Å²) in [5, 5.41) is 22.2. The van der Waals surface area contributed by atoms with Gasteiger partial charge in [-0.25, -0.2) is 0 Å². The molecule has 196 valence electrons. The average molecular weight is 610 g/mol. The summed E-state index contributed by atoms with van der Waals surface area (Å²) in [7, 11) is 0. The molecule has 3 aliphatic carbocycles. The van der Waals surface area contributed by atoms with Crippen molar-refractivity contribution >= 4 is 62.3 Å². The molecule has 1 saturated heterocycles. The van der Waals surface area contributed by atoms with Crippen molar-refractivity contribution in [2.45, 2.75) is 18.8 Å². The van der Waals surface area contributed by atoms with Crippen LogP contribution in [0.15, 0.2) is 75.8 Å². The number of rotatable bonds is 3. The molecule has 1 aliphatic heterocycles. The number of non-ortho nitro benzene ring substituents is 1. The van der Waals surface area contributed by atoms with Crippen LogP contribution in [-0.2, 0) is 19.2 Å². The molecule has 2 aromatic rings. The van der Waals surface area contributed by atoms with Crippen LogP contribution in [0.4, 0.5) is 11.4 Å². The Hall–Kier alpha value is -3.89. The summed E-state index contributed by atoms with van der Waals surface area (Å²) in [6.07, 6.45) is 3.33. The van der Waals surface area contributed by atoms with Crippen LogP contribution in [0.25, 0.3) is 0 Å². The average Bonchev–Trinajstić information content (AvgIpc) is 3.17. The maximum Gasteiger partial charge on any atom is 0.269 e. The number of carbonyl (C=O) groups is 4. The molecule has 1 fully saturated rings. The van der Waals surface area contributed by atoms with Crippen LogP contribution in [-0.4, -0.2) is 33.4 Å². The topological polar surface area (TPSA) is 135 Å². The summed E-state index contributed by atoms with van der Waals surface area (Å²) in [5.41, 5.74) is 1.52. The van der Waals surface area contributed by atoms with Gasteiger partial charge in [-0.3, -0.25) is 34.2 Å². The number of nitro groups is 1. The van der Waals surface area contributed by atoms with Crippen LogP contribution in [0, 0.1) is 27.9 Å². The molecule has 0 saturated carbocycles. The van der Waals surface area contributed by atoms with Crippen LogP contribution >= 0.6 is 27.5 Å². The number of hydrogen-bond acceptors (Lipinski definition) is 7. The second-order valence-electron chi connectivity index (χ2n) is 9.88. The normalized spacial score (nSPS) is 26.2. The molecule has 9 nitrogen and oxygen atoms in total. The van der Waals surface area contributed by atoms with E-state index in [1.54, 1.807) is 0 Å². The van der Waals surface area contributed by atoms with Gasteiger partial charge in [-0.2, -0.15) is 0 Å². The number of Topliss-reactive ketones (excluding diaryl/α,β-unsaturated/α-hetero) is 1. The number of nitrogens with zero attached hydrogens (tertiary/aromatic N) is 2. The van der Waals surface area contributed by atoms with E-state index >= 15 is 0 Å². The molecular weight excluding hydrogens is 592 g/mol. The minimum atomic E-state index is -0.831. The molecule has 11 heteroatoms. The van der Waals surface area contributed by atoms with Crippen molar-refractivity contribution in [1.82, 2.24) is 0 Å². The Morgan fingerprint density at radius 3 is 2.44 bits per heavy atom. The monoisotopic (exact) mass is 608 g/mol. The largest absolute Gasteiger partial charge is 0.508 e. The number of fused-ring (bicyclic) bond motifs is 3. The van der Waals surface area contributed by atoms with Crippen molar-refractivity contribution in [2.24, 2.45) is 17.8 Å². The Balaban J connectivity index is 1.47.